The average molecular weight is 374 g/mol. The van der Waals surface area contributed by atoms with Gasteiger partial charge in [0.2, 0.25) is 0 Å². The van der Waals surface area contributed by atoms with Crippen molar-refractivity contribution in [2.24, 2.45) is 0 Å². The molecule has 6 nitrogen and oxygen atoms in total. The van der Waals surface area contributed by atoms with Crippen LogP contribution in [0.15, 0.2) is 41.3 Å². The Kier molecular flexibility index (Phi) is 4.82. The minimum absolute atomic E-state index is 0.000855. The van der Waals surface area contributed by atoms with Crippen molar-refractivity contribution >= 4 is 52.2 Å². The van der Waals surface area contributed by atoms with Crippen molar-refractivity contribution in [3.63, 3.8) is 0 Å². The first-order valence-corrected chi connectivity index (χ1v) is 8.51. The highest BCUT2D eigenvalue weighted by Gasteiger charge is 2.36. The number of nitrogens with zero attached hydrogens (tertiary/aromatic N) is 1. The van der Waals surface area contributed by atoms with Crippen molar-refractivity contribution in [3.05, 3.63) is 46.2 Å². The molecule has 0 aliphatic carbocycles. The minimum atomic E-state index is -0.526. The van der Waals surface area contributed by atoms with Crippen molar-refractivity contribution < 1.29 is 19.1 Å². The van der Waals surface area contributed by atoms with Crippen LogP contribution in [0.4, 0.5) is 5.69 Å². The smallest absolute Gasteiger partial charge is 0.270 e. The molecule has 3 rings (SSSR count). The van der Waals surface area contributed by atoms with E-state index in [9.17, 15) is 9.59 Å². The molecule has 1 aliphatic rings. The molecule has 1 aliphatic heterocycles. The number of thiocarbonyl (C=S) groups is 1. The Bertz CT molecular complexity index is 875. The summed E-state index contributed by atoms with van der Waals surface area (Å²) in [6.07, 6.45) is 1.55. The van der Waals surface area contributed by atoms with Gasteiger partial charge >= 0.3 is 0 Å². The van der Waals surface area contributed by atoms with Crippen LogP contribution < -0.4 is 19.7 Å². The molecule has 0 bridgehead atoms. The molecule has 1 N–H and O–H groups in total. The molecule has 0 unspecified atom stereocenters. The Hall–Kier alpha value is -2.71. The van der Waals surface area contributed by atoms with Crippen molar-refractivity contribution in [2.75, 3.05) is 19.1 Å². The lowest BCUT2D eigenvalue weighted by Gasteiger charge is -2.30. The van der Waals surface area contributed by atoms with E-state index in [2.05, 4.69) is 5.32 Å². The van der Waals surface area contributed by atoms with Crippen LogP contribution in [0.3, 0.4) is 0 Å². The Morgan fingerprint density at radius 2 is 2.00 bits per heavy atom. The SMILES string of the molecule is COc1ccc(OC)c(N2C(=O)/C(=C\c3cccs3)C(=O)NC2=S)c1. The third-order valence-electron chi connectivity index (χ3n) is 3.56. The molecule has 1 fully saturated rings. The van der Waals surface area contributed by atoms with Crippen LogP contribution in [0.2, 0.25) is 0 Å². The first-order chi connectivity index (χ1) is 12.0. The van der Waals surface area contributed by atoms with Crippen molar-refractivity contribution in [3.8, 4) is 11.5 Å². The summed E-state index contributed by atoms with van der Waals surface area (Å²) in [4.78, 5) is 27.2. The number of rotatable bonds is 4. The molecule has 1 aromatic carbocycles. The van der Waals surface area contributed by atoms with Gasteiger partial charge in [-0.25, -0.2) is 4.90 Å². The molecule has 8 heteroatoms. The number of methoxy groups -OCH3 is 2. The van der Waals surface area contributed by atoms with Crippen LogP contribution in [0, 0.1) is 0 Å². The summed E-state index contributed by atoms with van der Waals surface area (Å²) >= 11 is 6.63. The fourth-order valence-electron chi connectivity index (χ4n) is 2.36. The number of anilines is 1. The summed E-state index contributed by atoms with van der Waals surface area (Å²) < 4.78 is 10.5. The molecule has 0 spiro atoms. The van der Waals surface area contributed by atoms with E-state index < -0.39 is 11.8 Å². The van der Waals surface area contributed by atoms with Crippen molar-refractivity contribution in [1.82, 2.24) is 5.32 Å². The molecule has 2 aromatic rings. The first-order valence-electron chi connectivity index (χ1n) is 7.22. The van der Waals surface area contributed by atoms with Gasteiger partial charge in [0.25, 0.3) is 11.8 Å². The van der Waals surface area contributed by atoms with E-state index in [1.54, 1.807) is 24.3 Å². The zero-order valence-electron chi connectivity index (χ0n) is 13.4. The van der Waals surface area contributed by atoms with Gasteiger partial charge in [-0.15, -0.1) is 11.3 Å². The van der Waals surface area contributed by atoms with E-state index in [1.807, 2.05) is 17.5 Å². The number of ether oxygens (including phenoxy) is 2. The number of nitrogens with one attached hydrogen (secondary N) is 1. The zero-order chi connectivity index (χ0) is 18.0. The standard InChI is InChI=1S/C17H14N2O4S2/c1-22-10-5-6-14(23-2)13(8-10)19-16(21)12(15(20)18-17(19)24)9-11-4-3-7-25-11/h3-9H,1-2H3,(H,18,20,24)/b12-9-. The maximum atomic E-state index is 13.0. The molecule has 0 radical (unpaired) electrons. The predicted octanol–water partition coefficient (Wildman–Crippen LogP) is 2.60. The van der Waals surface area contributed by atoms with Gasteiger partial charge in [0.05, 0.1) is 19.9 Å². The highest BCUT2D eigenvalue weighted by molar-refractivity contribution is 7.80. The predicted molar refractivity (Wildman–Crippen MR) is 100 cm³/mol. The Morgan fingerprint density at radius 3 is 2.64 bits per heavy atom. The summed E-state index contributed by atoms with van der Waals surface area (Å²) in [7, 11) is 3.01. The monoisotopic (exact) mass is 374 g/mol. The number of benzene rings is 1. The average Bonchev–Trinajstić information content (AvgIpc) is 3.11. The van der Waals surface area contributed by atoms with Crippen molar-refractivity contribution in [1.29, 1.82) is 0 Å². The molecule has 1 aromatic heterocycles. The highest BCUT2D eigenvalue weighted by atomic mass is 32.1. The molecular formula is C17H14N2O4S2. The lowest BCUT2D eigenvalue weighted by atomic mass is 10.1. The second kappa shape index (κ2) is 7.04. The molecule has 0 saturated carbocycles. The molecule has 2 amide bonds. The van der Waals surface area contributed by atoms with E-state index in [4.69, 9.17) is 21.7 Å². The van der Waals surface area contributed by atoms with E-state index >= 15 is 0 Å². The van der Waals surface area contributed by atoms with Gasteiger partial charge in [0.15, 0.2) is 5.11 Å². The molecule has 0 atom stereocenters. The second-order valence-electron chi connectivity index (χ2n) is 5.01. The molecule has 1 saturated heterocycles. The Labute approximate surface area is 153 Å². The minimum Gasteiger partial charge on any atom is -0.497 e. The summed E-state index contributed by atoms with van der Waals surface area (Å²) in [6.45, 7) is 0. The summed E-state index contributed by atoms with van der Waals surface area (Å²) in [6, 6.07) is 8.67. The number of amides is 2. The van der Waals surface area contributed by atoms with Crippen LogP contribution in [0.5, 0.6) is 11.5 Å². The normalized spacial score (nSPS) is 16.2. The third-order valence-corrected chi connectivity index (χ3v) is 4.66. The number of carbonyl (C=O) groups is 2. The second-order valence-corrected chi connectivity index (χ2v) is 6.38. The van der Waals surface area contributed by atoms with Crippen LogP contribution in [-0.4, -0.2) is 31.1 Å². The zero-order valence-corrected chi connectivity index (χ0v) is 15.1. The van der Waals surface area contributed by atoms with Gasteiger partial charge in [-0.1, -0.05) is 6.07 Å². The van der Waals surface area contributed by atoms with Gasteiger partial charge in [0, 0.05) is 10.9 Å². The van der Waals surface area contributed by atoms with Crippen molar-refractivity contribution in [2.45, 2.75) is 0 Å². The van der Waals surface area contributed by atoms with E-state index in [0.717, 1.165) is 4.88 Å². The molecule has 128 valence electrons. The number of carbonyl (C=O) groups excluding carboxylic acids is 2. The van der Waals surface area contributed by atoms with Crippen LogP contribution >= 0.6 is 23.6 Å². The summed E-state index contributed by atoms with van der Waals surface area (Å²) in [5.41, 5.74) is 0.398. The molecular weight excluding hydrogens is 360 g/mol. The fraction of sp³-hybridized carbons (Fsp3) is 0.118. The van der Waals surface area contributed by atoms with Gasteiger partial charge in [-0.05, 0) is 41.9 Å². The fourth-order valence-corrected chi connectivity index (χ4v) is 3.29. The Morgan fingerprint density at radius 1 is 1.20 bits per heavy atom. The van der Waals surface area contributed by atoms with E-state index in [1.165, 1.54) is 30.5 Å². The first kappa shape index (κ1) is 17.1. The topological polar surface area (TPSA) is 67.9 Å². The quantitative estimate of drug-likeness (QED) is 0.506. The lowest BCUT2D eigenvalue weighted by molar-refractivity contribution is -0.122. The lowest BCUT2D eigenvalue weighted by Crippen LogP contribution is -2.54. The Balaban J connectivity index is 2.08. The van der Waals surface area contributed by atoms with E-state index in [0.29, 0.717) is 17.2 Å². The summed E-state index contributed by atoms with van der Waals surface area (Å²) in [5.74, 6) is -0.0783. The largest absolute Gasteiger partial charge is 0.497 e. The maximum absolute atomic E-state index is 13.0. The molecule has 25 heavy (non-hydrogen) atoms. The molecule has 2 heterocycles. The number of hydrogen-bond acceptors (Lipinski definition) is 6. The van der Waals surface area contributed by atoms with Gasteiger partial charge in [-0.2, -0.15) is 0 Å². The van der Waals surface area contributed by atoms with Gasteiger partial charge < -0.3 is 9.47 Å². The highest BCUT2D eigenvalue weighted by Crippen LogP contribution is 2.34. The number of thiophene rings is 1. The van der Waals surface area contributed by atoms with Crippen LogP contribution in [0.25, 0.3) is 6.08 Å². The van der Waals surface area contributed by atoms with Crippen LogP contribution in [-0.2, 0) is 9.59 Å². The van der Waals surface area contributed by atoms with Crippen LogP contribution in [0.1, 0.15) is 4.88 Å². The number of hydrogen-bond donors (Lipinski definition) is 1. The van der Waals surface area contributed by atoms with Gasteiger partial charge in [0.1, 0.15) is 17.1 Å². The maximum Gasteiger partial charge on any atom is 0.270 e. The third kappa shape index (κ3) is 3.26. The van der Waals surface area contributed by atoms with E-state index in [-0.39, 0.29) is 10.7 Å². The van der Waals surface area contributed by atoms with Gasteiger partial charge in [-0.3, -0.25) is 14.9 Å². The summed E-state index contributed by atoms with van der Waals surface area (Å²) in [5, 5.41) is 4.40.